The number of fused-ring (bicyclic) bond motifs is 1. The van der Waals surface area contributed by atoms with Gasteiger partial charge in [-0.15, -0.1) is 0 Å². The second kappa shape index (κ2) is 7.60. The normalized spacial score (nSPS) is 13.8. The number of aromatic nitrogens is 3. The molecule has 1 aliphatic carbocycles. The van der Waals surface area contributed by atoms with Crippen LogP contribution in [0.5, 0.6) is 0 Å². The Morgan fingerprint density at radius 1 is 1.25 bits per heavy atom. The van der Waals surface area contributed by atoms with Crippen LogP contribution in [-0.4, -0.2) is 27.2 Å². The molecule has 2 aromatic rings. The third kappa shape index (κ3) is 3.83. The van der Waals surface area contributed by atoms with E-state index < -0.39 is 0 Å². The van der Waals surface area contributed by atoms with Crippen molar-refractivity contribution in [2.45, 2.75) is 52.5 Å². The Kier molecular flexibility index (Phi) is 5.28. The minimum Gasteiger partial charge on any atom is -0.354 e. The predicted octanol–water partition coefficient (Wildman–Crippen LogP) is 2.99. The molecule has 0 aliphatic heterocycles. The summed E-state index contributed by atoms with van der Waals surface area (Å²) in [7, 11) is 0. The van der Waals surface area contributed by atoms with E-state index in [0.717, 1.165) is 30.6 Å². The SMILES string of the molecule is CC(C)CC(=O)NCCn1nc(-c2ccncc2)c2c1CCCC2. The Labute approximate surface area is 143 Å². The molecule has 5 nitrogen and oxygen atoms in total. The van der Waals surface area contributed by atoms with Gasteiger partial charge in [0.1, 0.15) is 0 Å². The molecule has 2 aromatic heterocycles. The highest BCUT2D eigenvalue weighted by molar-refractivity contribution is 5.76. The van der Waals surface area contributed by atoms with Gasteiger partial charge in [0.2, 0.25) is 5.91 Å². The summed E-state index contributed by atoms with van der Waals surface area (Å²) in [4.78, 5) is 15.9. The van der Waals surface area contributed by atoms with Crippen molar-refractivity contribution in [3.63, 3.8) is 0 Å². The van der Waals surface area contributed by atoms with E-state index in [1.807, 2.05) is 24.5 Å². The number of pyridine rings is 1. The predicted molar refractivity (Wildman–Crippen MR) is 94.6 cm³/mol. The molecule has 0 bridgehead atoms. The molecule has 0 radical (unpaired) electrons. The van der Waals surface area contributed by atoms with E-state index in [1.165, 1.54) is 24.1 Å². The molecule has 24 heavy (non-hydrogen) atoms. The van der Waals surface area contributed by atoms with Crippen molar-refractivity contribution in [3.8, 4) is 11.3 Å². The highest BCUT2D eigenvalue weighted by Crippen LogP contribution is 2.30. The van der Waals surface area contributed by atoms with Gasteiger partial charge in [-0.3, -0.25) is 14.5 Å². The number of carbonyl (C=O) groups is 1. The molecule has 0 atom stereocenters. The van der Waals surface area contributed by atoms with Crippen LogP contribution in [-0.2, 0) is 24.2 Å². The number of nitrogens with one attached hydrogen (secondary N) is 1. The van der Waals surface area contributed by atoms with Gasteiger partial charge in [0.05, 0.1) is 12.2 Å². The number of hydrogen-bond acceptors (Lipinski definition) is 3. The van der Waals surface area contributed by atoms with Crippen molar-refractivity contribution in [3.05, 3.63) is 35.8 Å². The maximum absolute atomic E-state index is 11.8. The van der Waals surface area contributed by atoms with Gasteiger partial charge in [0.25, 0.3) is 0 Å². The lowest BCUT2D eigenvalue weighted by molar-refractivity contribution is -0.121. The first-order valence-electron chi connectivity index (χ1n) is 8.91. The van der Waals surface area contributed by atoms with Gasteiger partial charge in [0.15, 0.2) is 0 Å². The molecule has 0 aromatic carbocycles. The molecule has 128 valence electrons. The second-order valence-electron chi connectivity index (χ2n) is 6.89. The summed E-state index contributed by atoms with van der Waals surface area (Å²) in [5, 5.41) is 7.87. The zero-order valence-electron chi connectivity index (χ0n) is 14.6. The molecular weight excluding hydrogens is 300 g/mol. The van der Waals surface area contributed by atoms with Crippen LogP contribution in [0.15, 0.2) is 24.5 Å². The maximum atomic E-state index is 11.8. The van der Waals surface area contributed by atoms with Gasteiger partial charge in [-0.25, -0.2) is 0 Å². The van der Waals surface area contributed by atoms with Crippen molar-refractivity contribution < 1.29 is 4.79 Å². The van der Waals surface area contributed by atoms with Crippen molar-refractivity contribution in [2.75, 3.05) is 6.54 Å². The number of amides is 1. The molecule has 0 spiro atoms. The summed E-state index contributed by atoms with van der Waals surface area (Å²) in [5.41, 5.74) is 4.93. The van der Waals surface area contributed by atoms with E-state index >= 15 is 0 Å². The van der Waals surface area contributed by atoms with E-state index in [-0.39, 0.29) is 5.91 Å². The Morgan fingerprint density at radius 3 is 2.75 bits per heavy atom. The van der Waals surface area contributed by atoms with Crippen LogP contribution in [0.4, 0.5) is 0 Å². The van der Waals surface area contributed by atoms with Crippen LogP contribution in [0.25, 0.3) is 11.3 Å². The summed E-state index contributed by atoms with van der Waals surface area (Å²) in [6, 6.07) is 4.04. The largest absolute Gasteiger partial charge is 0.354 e. The fraction of sp³-hybridized carbons (Fsp3) is 0.526. The second-order valence-corrected chi connectivity index (χ2v) is 6.89. The van der Waals surface area contributed by atoms with Crippen LogP contribution in [0, 0.1) is 5.92 Å². The smallest absolute Gasteiger partial charge is 0.220 e. The van der Waals surface area contributed by atoms with E-state index in [4.69, 9.17) is 5.10 Å². The summed E-state index contributed by atoms with van der Waals surface area (Å²) in [6.45, 7) is 5.49. The monoisotopic (exact) mass is 326 g/mol. The zero-order valence-corrected chi connectivity index (χ0v) is 14.6. The number of rotatable bonds is 6. The molecule has 1 N–H and O–H groups in total. The standard InChI is InChI=1S/C19H26N4O/c1-14(2)13-18(24)21-11-12-23-17-6-4-3-5-16(17)19(22-23)15-7-9-20-10-8-15/h7-10,14H,3-6,11-13H2,1-2H3,(H,21,24). The van der Waals surface area contributed by atoms with Crippen molar-refractivity contribution in [2.24, 2.45) is 5.92 Å². The van der Waals surface area contributed by atoms with Crippen LogP contribution < -0.4 is 5.32 Å². The van der Waals surface area contributed by atoms with Crippen LogP contribution in [0.1, 0.15) is 44.4 Å². The van der Waals surface area contributed by atoms with Crippen LogP contribution in [0.2, 0.25) is 0 Å². The number of hydrogen-bond donors (Lipinski definition) is 1. The third-order valence-electron chi connectivity index (χ3n) is 4.45. The average molecular weight is 326 g/mol. The summed E-state index contributed by atoms with van der Waals surface area (Å²) in [6.07, 6.45) is 8.82. The molecule has 1 amide bonds. The minimum absolute atomic E-state index is 0.125. The lowest BCUT2D eigenvalue weighted by Crippen LogP contribution is -2.28. The summed E-state index contributed by atoms with van der Waals surface area (Å²) < 4.78 is 2.10. The molecule has 0 fully saturated rings. The van der Waals surface area contributed by atoms with Crippen LogP contribution >= 0.6 is 0 Å². The summed E-state index contributed by atoms with van der Waals surface area (Å²) in [5.74, 6) is 0.515. The molecule has 1 aliphatic rings. The van der Waals surface area contributed by atoms with Gasteiger partial charge in [-0.2, -0.15) is 5.10 Å². The Balaban J connectivity index is 1.74. The van der Waals surface area contributed by atoms with Gasteiger partial charge in [0, 0.05) is 42.2 Å². The first-order chi connectivity index (χ1) is 11.6. The van der Waals surface area contributed by atoms with Crippen molar-refractivity contribution in [1.29, 1.82) is 0 Å². The molecule has 0 saturated carbocycles. The molecule has 5 heteroatoms. The Bertz CT molecular complexity index is 691. The fourth-order valence-electron chi connectivity index (χ4n) is 3.34. The Morgan fingerprint density at radius 2 is 2.00 bits per heavy atom. The first-order valence-corrected chi connectivity index (χ1v) is 8.91. The summed E-state index contributed by atoms with van der Waals surface area (Å²) >= 11 is 0. The number of nitrogens with zero attached hydrogens (tertiary/aromatic N) is 3. The van der Waals surface area contributed by atoms with E-state index in [1.54, 1.807) is 0 Å². The van der Waals surface area contributed by atoms with Gasteiger partial charge < -0.3 is 5.32 Å². The highest BCUT2D eigenvalue weighted by Gasteiger charge is 2.21. The molecule has 0 saturated heterocycles. The van der Waals surface area contributed by atoms with Gasteiger partial charge in [-0.1, -0.05) is 13.8 Å². The van der Waals surface area contributed by atoms with Gasteiger partial charge >= 0.3 is 0 Å². The topological polar surface area (TPSA) is 59.8 Å². The zero-order chi connectivity index (χ0) is 16.9. The molecule has 0 unspecified atom stereocenters. The lowest BCUT2D eigenvalue weighted by atomic mass is 9.94. The van der Waals surface area contributed by atoms with Gasteiger partial charge in [-0.05, 0) is 43.7 Å². The van der Waals surface area contributed by atoms with E-state index in [2.05, 4.69) is 28.8 Å². The Hall–Kier alpha value is -2.17. The third-order valence-corrected chi connectivity index (χ3v) is 4.45. The highest BCUT2D eigenvalue weighted by atomic mass is 16.1. The average Bonchev–Trinajstić information content (AvgIpc) is 2.94. The molecular formula is C19H26N4O. The van der Waals surface area contributed by atoms with Crippen molar-refractivity contribution >= 4 is 5.91 Å². The molecule has 3 rings (SSSR count). The fourth-order valence-corrected chi connectivity index (χ4v) is 3.34. The van der Waals surface area contributed by atoms with Crippen LogP contribution in [0.3, 0.4) is 0 Å². The van der Waals surface area contributed by atoms with E-state index in [9.17, 15) is 4.79 Å². The number of carbonyl (C=O) groups excluding carboxylic acids is 1. The minimum atomic E-state index is 0.125. The quantitative estimate of drug-likeness (QED) is 0.888. The molecule has 2 heterocycles. The lowest BCUT2D eigenvalue weighted by Gasteiger charge is -2.14. The van der Waals surface area contributed by atoms with Crippen molar-refractivity contribution in [1.82, 2.24) is 20.1 Å². The van der Waals surface area contributed by atoms with E-state index in [0.29, 0.717) is 18.9 Å². The first kappa shape index (κ1) is 16.7. The maximum Gasteiger partial charge on any atom is 0.220 e.